The lowest BCUT2D eigenvalue weighted by atomic mass is 10.0. The number of aryl methyl sites for hydroxylation is 2. The standard InChI is InChI=1S/C21H16FN3/c1-13-11-17(22)14(2)10-16(13)19-8-5-9-20(24-19)21-23-12-15-6-3-4-7-18(15)25-21/h3-12H,1-2H3. The smallest absolute Gasteiger partial charge is 0.178 e. The predicted octanol–water partition coefficient (Wildman–Crippen LogP) is 5.11. The molecule has 3 nitrogen and oxygen atoms in total. The highest BCUT2D eigenvalue weighted by Crippen LogP contribution is 2.26. The van der Waals surface area contributed by atoms with Crippen molar-refractivity contribution in [1.29, 1.82) is 0 Å². The van der Waals surface area contributed by atoms with E-state index in [9.17, 15) is 4.39 Å². The van der Waals surface area contributed by atoms with Crippen molar-refractivity contribution in [2.24, 2.45) is 0 Å². The number of aromatic nitrogens is 3. The number of hydrogen-bond acceptors (Lipinski definition) is 3. The molecule has 4 heteroatoms. The maximum atomic E-state index is 13.7. The second kappa shape index (κ2) is 6.06. The predicted molar refractivity (Wildman–Crippen MR) is 97.6 cm³/mol. The quantitative estimate of drug-likeness (QED) is 0.512. The minimum Gasteiger partial charge on any atom is -0.244 e. The summed E-state index contributed by atoms with van der Waals surface area (Å²) in [5.74, 6) is 0.382. The van der Waals surface area contributed by atoms with Crippen LogP contribution in [0.2, 0.25) is 0 Å². The molecule has 0 aliphatic rings. The van der Waals surface area contributed by atoms with Crippen molar-refractivity contribution in [1.82, 2.24) is 15.0 Å². The summed E-state index contributed by atoms with van der Waals surface area (Å²) in [5, 5.41) is 0.993. The van der Waals surface area contributed by atoms with E-state index in [1.54, 1.807) is 19.2 Å². The van der Waals surface area contributed by atoms with E-state index < -0.39 is 0 Å². The first-order valence-corrected chi connectivity index (χ1v) is 8.08. The number of para-hydroxylation sites is 1. The van der Waals surface area contributed by atoms with Gasteiger partial charge in [-0.25, -0.2) is 19.3 Å². The molecule has 0 unspecified atom stereocenters. The van der Waals surface area contributed by atoms with Gasteiger partial charge in [-0.05, 0) is 55.3 Å². The third kappa shape index (κ3) is 2.87. The van der Waals surface area contributed by atoms with Crippen LogP contribution >= 0.6 is 0 Å². The normalized spacial score (nSPS) is 11.0. The zero-order valence-electron chi connectivity index (χ0n) is 14.0. The third-order valence-electron chi connectivity index (χ3n) is 4.25. The Morgan fingerprint density at radius 2 is 1.60 bits per heavy atom. The van der Waals surface area contributed by atoms with Gasteiger partial charge in [-0.2, -0.15) is 0 Å². The topological polar surface area (TPSA) is 38.7 Å². The molecule has 4 rings (SSSR count). The van der Waals surface area contributed by atoms with Gasteiger partial charge < -0.3 is 0 Å². The minimum atomic E-state index is -0.199. The molecule has 25 heavy (non-hydrogen) atoms. The molecule has 2 aromatic carbocycles. The van der Waals surface area contributed by atoms with Gasteiger partial charge in [0.25, 0.3) is 0 Å². The third-order valence-corrected chi connectivity index (χ3v) is 4.25. The summed E-state index contributed by atoms with van der Waals surface area (Å²) in [6.45, 7) is 3.65. The Kier molecular flexibility index (Phi) is 3.73. The van der Waals surface area contributed by atoms with Crippen LogP contribution in [-0.4, -0.2) is 15.0 Å². The SMILES string of the molecule is Cc1cc(-c2cccc(-c3ncc4ccccc4n3)n2)c(C)cc1F. The summed E-state index contributed by atoms with van der Waals surface area (Å²) in [6.07, 6.45) is 1.80. The Labute approximate surface area is 145 Å². The number of fused-ring (bicyclic) bond motifs is 1. The molecule has 0 N–H and O–H groups in total. The molecule has 2 heterocycles. The molecular weight excluding hydrogens is 313 g/mol. The zero-order valence-corrected chi connectivity index (χ0v) is 14.0. The van der Waals surface area contributed by atoms with Gasteiger partial charge >= 0.3 is 0 Å². The van der Waals surface area contributed by atoms with Gasteiger partial charge in [0.1, 0.15) is 11.5 Å². The molecule has 2 aromatic heterocycles. The van der Waals surface area contributed by atoms with Crippen LogP contribution in [0.4, 0.5) is 4.39 Å². The first-order valence-electron chi connectivity index (χ1n) is 8.08. The second-order valence-corrected chi connectivity index (χ2v) is 6.08. The van der Waals surface area contributed by atoms with Crippen molar-refractivity contribution in [2.75, 3.05) is 0 Å². The minimum absolute atomic E-state index is 0.199. The summed E-state index contributed by atoms with van der Waals surface area (Å²) in [6, 6.07) is 17.0. The van der Waals surface area contributed by atoms with Crippen molar-refractivity contribution in [3.8, 4) is 22.8 Å². The first kappa shape index (κ1) is 15.4. The highest BCUT2D eigenvalue weighted by molar-refractivity contribution is 5.79. The van der Waals surface area contributed by atoms with Gasteiger partial charge in [-0.3, -0.25) is 0 Å². The first-order chi connectivity index (χ1) is 12.1. The monoisotopic (exact) mass is 329 g/mol. The van der Waals surface area contributed by atoms with Crippen LogP contribution in [0.5, 0.6) is 0 Å². The zero-order chi connectivity index (χ0) is 17.4. The van der Waals surface area contributed by atoms with Crippen molar-refractivity contribution in [3.63, 3.8) is 0 Å². The van der Waals surface area contributed by atoms with Crippen molar-refractivity contribution < 1.29 is 4.39 Å². The molecule has 0 spiro atoms. The number of nitrogens with zero attached hydrogens (tertiary/aromatic N) is 3. The maximum Gasteiger partial charge on any atom is 0.178 e. The summed E-state index contributed by atoms with van der Waals surface area (Å²) >= 11 is 0. The van der Waals surface area contributed by atoms with Gasteiger partial charge in [0.05, 0.1) is 11.2 Å². The Hall–Kier alpha value is -3.14. The Morgan fingerprint density at radius 3 is 2.48 bits per heavy atom. The summed E-state index contributed by atoms with van der Waals surface area (Å²) in [7, 11) is 0. The number of pyridine rings is 1. The van der Waals surface area contributed by atoms with E-state index in [4.69, 9.17) is 4.98 Å². The molecule has 0 amide bonds. The summed E-state index contributed by atoms with van der Waals surface area (Å²) < 4.78 is 13.7. The van der Waals surface area contributed by atoms with Gasteiger partial charge in [0.15, 0.2) is 5.82 Å². The van der Waals surface area contributed by atoms with E-state index in [-0.39, 0.29) is 5.82 Å². The summed E-state index contributed by atoms with van der Waals surface area (Å²) in [4.78, 5) is 13.7. The highest BCUT2D eigenvalue weighted by atomic mass is 19.1. The van der Waals surface area contributed by atoms with Gasteiger partial charge in [0, 0.05) is 17.1 Å². The lowest BCUT2D eigenvalue weighted by molar-refractivity contribution is 0.617. The molecular formula is C21H16FN3. The van der Waals surface area contributed by atoms with Crippen LogP contribution in [0.1, 0.15) is 11.1 Å². The highest BCUT2D eigenvalue weighted by Gasteiger charge is 2.10. The molecule has 0 aliphatic heterocycles. The van der Waals surface area contributed by atoms with E-state index >= 15 is 0 Å². The Morgan fingerprint density at radius 1 is 0.800 bits per heavy atom. The molecule has 0 atom stereocenters. The Bertz CT molecular complexity index is 1090. The number of hydrogen-bond donors (Lipinski definition) is 0. The van der Waals surface area contributed by atoms with E-state index in [2.05, 4.69) is 9.97 Å². The number of benzene rings is 2. The molecule has 0 radical (unpaired) electrons. The van der Waals surface area contributed by atoms with Crippen LogP contribution in [0.3, 0.4) is 0 Å². The average Bonchev–Trinajstić information content (AvgIpc) is 2.64. The molecule has 4 aromatic rings. The van der Waals surface area contributed by atoms with Crippen molar-refractivity contribution in [3.05, 3.63) is 77.7 Å². The van der Waals surface area contributed by atoms with Crippen LogP contribution < -0.4 is 0 Å². The van der Waals surface area contributed by atoms with Crippen LogP contribution in [0, 0.1) is 19.7 Å². The number of rotatable bonds is 2. The Balaban J connectivity index is 1.82. The van der Waals surface area contributed by atoms with Crippen LogP contribution in [0.15, 0.2) is 60.8 Å². The van der Waals surface area contributed by atoms with Crippen molar-refractivity contribution in [2.45, 2.75) is 13.8 Å². The molecule has 0 saturated carbocycles. The van der Waals surface area contributed by atoms with E-state index in [0.29, 0.717) is 17.1 Å². The van der Waals surface area contributed by atoms with E-state index in [1.165, 1.54) is 0 Å². The molecule has 0 bridgehead atoms. The van der Waals surface area contributed by atoms with Gasteiger partial charge in [-0.1, -0.05) is 24.3 Å². The molecule has 0 fully saturated rings. The fourth-order valence-electron chi connectivity index (χ4n) is 2.86. The van der Waals surface area contributed by atoms with E-state index in [1.807, 2.05) is 55.5 Å². The fraction of sp³-hybridized carbons (Fsp3) is 0.0952. The number of halogens is 1. The van der Waals surface area contributed by atoms with Gasteiger partial charge in [0.2, 0.25) is 0 Å². The largest absolute Gasteiger partial charge is 0.244 e. The lowest BCUT2D eigenvalue weighted by Crippen LogP contribution is -1.96. The van der Waals surface area contributed by atoms with E-state index in [0.717, 1.165) is 27.7 Å². The summed E-state index contributed by atoms with van der Waals surface area (Å²) in [5.41, 5.74) is 4.75. The molecule has 0 saturated heterocycles. The molecule has 0 aliphatic carbocycles. The average molecular weight is 329 g/mol. The van der Waals surface area contributed by atoms with Crippen LogP contribution in [-0.2, 0) is 0 Å². The second-order valence-electron chi connectivity index (χ2n) is 6.08. The molecule has 122 valence electrons. The lowest BCUT2D eigenvalue weighted by Gasteiger charge is -2.09. The van der Waals surface area contributed by atoms with Gasteiger partial charge in [-0.15, -0.1) is 0 Å². The van der Waals surface area contributed by atoms with Crippen LogP contribution in [0.25, 0.3) is 33.7 Å². The van der Waals surface area contributed by atoms with Crippen molar-refractivity contribution >= 4 is 10.9 Å². The maximum absolute atomic E-state index is 13.7. The fourth-order valence-corrected chi connectivity index (χ4v) is 2.86.